The van der Waals surface area contributed by atoms with Gasteiger partial charge in [0.05, 0.1) is 0 Å². The van der Waals surface area contributed by atoms with E-state index in [2.05, 4.69) is 15.5 Å². The molecule has 0 saturated carbocycles. The van der Waals surface area contributed by atoms with Crippen LogP contribution in [0.4, 0.5) is 0 Å². The minimum absolute atomic E-state index is 0.432. The van der Waals surface area contributed by atoms with Gasteiger partial charge in [-0.25, -0.2) is 0 Å². The van der Waals surface area contributed by atoms with Crippen molar-refractivity contribution in [2.45, 2.75) is 31.6 Å². The van der Waals surface area contributed by atoms with Gasteiger partial charge < -0.3 is 14.6 Å². The van der Waals surface area contributed by atoms with Crippen LogP contribution in [0.15, 0.2) is 4.52 Å². The fourth-order valence-corrected chi connectivity index (χ4v) is 2.58. The minimum Gasteiger partial charge on any atom is -0.381 e. The predicted octanol–water partition coefficient (Wildman–Crippen LogP) is 1.12. The van der Waals surface area contributed by atoms with E-state index in [-0.39, 0.29) is 0 Å². The van der Waals surface area contributed by atoms with Gasteiger partial charge in [0.15, 0.2) is 5.82 Å². The Morgan fingerprint density at radius 1 is 1.35 bits per heavy atom. The van der Waals surface area contributed by atoms with Crippen molar-refractivity contribution in [3.05, 3.63) is 11.7 Å². The lowest BCUT2D eigenvalue weighted by molar-refractivity contribution is 0.183. The highest BCUT2D eigenvalue weighted by Gasteiger charge is 2.23. The average Bonchev–Trinajstić information content (AvgIpc) is 3.02. The van der Waals surface area contributed by atoms with E-state index in [0.29, 0.717) is 11.8 Å². The van der Waals surface area contributed by atoms with E-state index in [1.807, 2.05) is 0 Å². The Labute approximate surface area is 101 Å². The van der Waals surface area contributed by atoms with E-state index in [1.54, 1.807) is 0 Å². The lowest BCUT2D eigenvalue weighted by Crippen LogP contribution is -2.28. The third-order valence-electron chi connectivity index (χ3n) is 3.63. The molecule has 5 nitrogen and oxygen atoms in total. The molecule has 0 aliphatic carbocycles. The van der Waals surface area contributed by atoms with Gasteiger partial charge in [0.25, 0.3) is 0 Å². The predicted molar refractivity (Wildman–Crippen MR) is 61.8 cm³/mol. The summed E-state index contributed by atoms with van der Waals surface area (Å²) in [6.45, 7) is 3.80. The number of piperidine rings is 1. The maximum Gasteiger partial charge on any atom is 0.227 e. The van der Waals surface area contributed by atoms with Gasteiger partial charge in [-0.15, -0.1) is 0 Å². The second-order valence-corrected chi connectivity index (χ2v) is 5.02. The molecule has 0 spiro atoms. The number of aromatic nitrogens is 2. The average molecular weight is 237 g/mol. The van der Waals surface area contributed by atoms with Gasteiger partial charge in [-0.05, 0) is 31.7 Å². The van der Waals surface area contributed by atoms with Gasteiger partial charge in [-0.2, -0.15) is 4.98 Å². The Morgan fingerprint density at radius 3 is 3.12 bits per heavy atom. The Kier molecular flexibility index (Phi) is 3.38. The lowest BCUT2D eigenvalue weighted by atomic mass is 9.99. The van der Waals surface area contributed by atoms with Gasteiger partial charge in [0, 0.05) is 32.1 Å². The summed E-state index contributed by atoms with van der Waals surface area (Å²) in [4.78, 5) is 4.52. The number of hydrogen-bond acceptors (Lipinski definition) is 5. The summed E-state index contributed by atoms with van der Waals surface area (Å²) in [7, 11) is 0. The zero-order valence-corrected chi connectivity index (χ0v) is 10.0. The van der Waals surface area contributed by atoms with Crippen LogP contribution in [-0.2, 0) is 11.2 Å². The minimum atomic E-state index is 0.432. The van der Waals surface area contributed by atoms with E-state index in [1.165, 1.54) is 12.8 Å². The smallest absolute Gasteiger partial charge is 0.227 e. The highest BCUT2D eigenvalue weighted by Crippen LogP contribution is 2.22. The van der Waals surface area contributed by atoms with Crippen LogP contribution in [0, 0.1) is 5.92 Å². The summed E-state index contributed by atoms with van der Waals surface area (Å²) in [6.07, 6.45) is 4.35. The van der Waals surface area contributed by atoms with E-state index in [9.17, 15) is 0 Å². The molecule has 2 aliphatic heterocycles. The molecule has 2 aliphatic rings. The van der Waals surface area contributed by atoms with Crippen LogP contribution in [0.1, 0.15) is 36.9 Å². The molecule has 0 radical (unpaired) electrons. The van der Waals surface area contributed by atoms with Gasteiger partial charge >= 0.3 is 0 Å². The topological polar surface area (TPSA) is 60.2 Å². The standard InChI is InChI=1S/C12H19N3O2/c1-2-10(7-13-4-1)12-14-11(17-15-12)6-9-3-5-16-8-9/h9-10,13H,1-8H2. The number of hydrogen-bond donors (Lipinski definition) is 1. The molecule has 94 valence electrons. The molecule has 2 saturated heterocycles. The lowest BCUT2D eigenvalue weighted by Gasteiger charge is -2.19. The van der Waals surface area contributed by atoms with Gasteiger partial charge in [-0.1, -0.05) is 5.16 Å². The molecule has 1 aromatic rings. The van der Waals surface area contributed by atoms with Crippen LogP contribution in [0.3, 0.4) is 0 Å². The van der Waals surface area contributed by atoms with Crippen molar-refractivity contribution in [2.24, 2.45) is 5.92 Å². The Bertz CT molecular complexity index is 354. The Hall–Kier alpha value is -0.940. The fraction of sp³-hybridized carbons (Fsp3) is 0.833. The van der Waals surface area contributed by atoms with Gasteiger partial charge in [-0.3, -0.25) is 0 Å². The van der Waals surface area contributed by atoms with Crippen LogP contribution in [-0.4, -0.2) is 36.4 Å². The highest BCUT2D eigenvalue weighted by molar-refractivity contribution is 4.98. The number of nitrogens with zero attached hydrogens (tertiary/aromatic N) is 2. The molecule has 2 fully saturated rings. The fourth-order valence-electron chi connectivity index (χ4n) is 2.58. The molecule has 3 heterocycles. The van der Waals surface area contributed by atoms with E-state index >= 15 is 0 Å². The molecule has 17 heavy (non-hydrogen) atoms. The number of nitrogens with one attached hydrogen (secondary N) is 1. The first-order chi connectivity index (χ1) is 8.42. The van der Waals surface area contributed by atoms with E-state index < -0.39 is 0 Å². The zero-order chi connectivity index (χ0) is 11.5. The first kappa shape index (κ1) is 11.2. The summed E-state index contributed by atoms with van der Waals surface area (Å²) in [5.41, 5.74) is 0. The van der Waals surface area contributed by atoms with Crippen LogP contribution >= 0.6 is 0 Å². The maximum absolute atomic E-state index is 5.35. The quantitative estimate of drug-likeness (QED) is 0.853. The monoisotopic (exact) mass is 237 g/mol. The van der Waals surface area contributed by atoms with Gasteiger partial charge in [0.2, 0.25) is 5.89 Å². The molecule has 1 aromatic heterocycles. The van der Waals surface area contributed by atoms with Crippen molar-refractivity contribution >= 4 is 0 Å². The molecule has 0 aromatic carbocycles. The summed E-state index contributed by atoms with van der Waals surface area (Å²) in [5.74, 6) is 2.65. The molecule has 2 atom stereocenters. The number of ether oxygens (including phenoxy) is 1. The normalized spacial score (nSPS) is 29.6. The summed E-state index contributed by atoms with van der Waals surface area (Å²) in [6, 6.07) is 0. The zero-order valence-electron chi connectivity index (χ0n) is 10.0. The largest absolute Gasteiger partial charge is 0.381 e. The van der Waals surface area contributed by atoms with Crippen molar-refractivity contribution < 1.29 is 9.26 Å². The van der Waals surface area contributed by atoms with Crippen LogP contribution in [0.5, 0.6) is 0 Å². The molecule has 2 unspecified atom stereocenters. The Balaban J connectivity index is 1.60. The molecule has 3 rings (SSSR count). The molecular weight excluding hydrogens is 218 g/mol. The summed E-state index contributed by atoms with van der Waals surface area (Å²) in [5, 5.41) is 7.49. The molecule has 0 amide bonds. The Morgan fingerprint density at radius 2 is 2.35 bits per heavy atom. The van der Waals surface area contributed by atoms with Crippen LogP contribution in [0.2, 0.25) is 0 Å². The molecule has 1 N–H and O–H groups in total. The van der Waals surface area contributed by atoms with Crippen molar-refractivity contribution in [3.63, 3.8) is 0 Å². The molecule has 5 heteroatoms. The second kappa shape index (κ2) is 5.14. The molecule has 0 bridgehead atoms. The number of rotatable bonds is 3. The van der Waals surface area contributed by atoms with E-state index in [4.69, 9.17) is 9.26 Å². The first-order valence-electron chi connectivity index (χ1n) is 6.53. The van der Waals surface area contributed by atoms with E-state index in [0.717, 1.165) is 50.9 Å². The third-order valence-corrected chi connectivity index (χ3v) is 3.63. The summed E-state index contributed by atoms with van der Waals surface area (Å²) < 4.78 is 10.7. The SMILES string of the molecule is C1CNCC(c2noc(CC3CCOC3)n2)C1. The van der Waals surface area contributed by atoms with Crippen molar-refractivity contribution in [1.82, 2.24) is 15.5 Å². The van der Waals surface area contributed by atoms with Gasteiger partial charge in [0.1, 0.15) is 0 Å². The van der Waals surface area contributed by atoms with Crippen LogP contribution in [0.25, 0.3) is 0 Å². The van der Waals surface area contributed by atoms with Crippen molar-refractivity contribution in [3.8, 4) is 0 Å². The third kappa shape index (κ3) is 2.66. The highest BCUT2D eigenvalue weighted by atomic mass is 16.5. The maximum atomic E-state index is 5.35. The van der Waals surface area contributed by atoms with Crippen molar-refractivity contribution in [2.75, 3.05) is 26.3 Å². The van der Waals surface area contributed by atoms with Crippen LogP contribution < -0.4 is 5.32 Å². The summed E-state index contributed by atoms with van der Waals surface area (Å²) >= 11 is 0. The molecular formula is C12H19N3O2. The second-order valence-electron chi connectivity index (χ2n) is 5.02. The van der Waals surface area contributed by atoms with Crippen molar-refractivity contribution in [1.29, 1.82) is 0 Å². The first-order valence-corrected chi connectivity index (χ1v) is 6.53.